The van der Waals surface area contributed by atoms with E-state index in [-0.39, 0.29) is 17.8 Å². The first-order valence-corrected chi connectivity index (χ1v) is 7.99. The molecule has 0 saturated carbocycles. The van der Waals surface area contributed by atoms with E-state index in [0.29, 0.717) is 5.65 Å². The van der Waals surface area contributed by atoms with Crippen molar-refractivity contribution in [1.29, 1.82) is 0 Å². The standard InChI is InChI=1S/C15H22N6O3/c1-15(2,3)24-14(23)17-10-4-6-20(7-5-10)11-8-12-18-19-13(22)21(12)9-16-11/h8-10H,4-7H2,1-3H3,(H,17,23)(H,19,22). The number of alkyl carbamates (subject to hydrolysis) is 1. The Hall–Kier alpha value is -2.58. The number of amides is 1. The van der Waals surface area contributed by atoms with E-state index < -0.39 is 5.60 Å². The number of nitrogens with zero attached hydrogens (tertiary/aromatic N) is 4. The van der Waals surface area contributed by atoms with Crippen molar-refractivity contribution in [2.45, 2.75) is 45.3 Å². The second kappa shape index (κ2) is 6.14. The summed E-state index contributed by atoms with van der Waals surface area (Å²) in [5.41, 5.74) is -0.255. The van der Waals surface area contributed by atoms with Crippen LogP contribution in [0.25, 0.3) is 5.65 Å². The molecular weight excluding hydrogens is 312 g/mol. The lowest BCUT2D eigenvalue weighted by Gasteiger charge is -2.33. The molecule has 1 amide bonds. The summed E-state index contributed by atoms with van der Waals surface area (Å²) in [6, 6.07) is 1.87. The van der Waals surface area contributed by atoms with Crippen molar-refractivity contribution in [3.63, 3.8) is 0 Å². The molecular formula is C15H22N6O3. The minimum Gasteiger partial charge on any atom is -0.444 e. The second-order valence-corrected chi connectivity index (χ2v) is 6.91. The van der Waals surface area contributed by atoms with E-state index in [1.807, 2.05) is 20.8 Å². The zero-order valence-electron chi connectivity index (χ0n) is 14.1. The van der Waals surface area contributed by atoms with E-state index in [1.165, 1.54) is 10.7 Å². The van der Waals surface area contributed by atoms with E-state index in [9.17, 15) is 9.59 Å². The van der Waals surface area contributed by atoms with Crippen LogP contribution in [0, 0.1) is 0 Å². The van der Waals surface area contributed by atoms with Gasteiger partial charge < -0.3 is 15.0 Å². The van der Waals surface area contributed by atoms with Gasteiger partial charge in [-0.05, 0) is 33.6 Å². The zero-order chi connectivity index (χ0) is 17.3. The fourth-order valence-electron chi connectivity index (χ4n) is 2.70. The summed E-state index contributed by atoms with van der Waals surface area (Å²) in [7, 11) is 0. The molecule has 2 aromatic rings. The lowest BCUT2D eigenvalue weighted by molar-refractivity contribution is 0.0497. The van der Waals surface area contributed by atoms with Crippen LogP contribution in [0.4, 0.5) is 10.6 Å². The Labute approximate surface area is 139 Å². The van der Waals surface area contributed by atoms with Crippen molar-refractivity contribution in [2.24, 2.45) is 0 Å². The van der Waals surface area contributed by atoms with Gasteiger partial charge in [0.2, 0.25) is 0 Å². The highest BCUT2D eigenvalue weighted by molar-refractivity contribution is 5.68. The number of H-pyrrole nitrogens is 1. The van der Waals surface area contributed by atoms with Crippen LogP contribution in [-0.4, -0.2) is 50.4 Å². The molecule has 0 spiro atoms. The van der Waals surface area contributed by atoms with E-state index in [0.717, 1.165) is 31.7 Å². The van der Waals surface area contributed by atoms with E-state index in [4.69, 9.17) is 4.74 Å². The van der Waals surface area contributed by atoms with Gasteiger partial charge in [-0.25, -0.2) is 24.1 Å². The highest BCUT2D eigenvalue weighted by Gasteiger charge is 2.24. The third kappa shape index (κ3) is 3.66. The maximum atomic E-state index is 11.8. The van der Waals surface area contributed by atoms with Crippen LogP contribution in [0.5, 0.6) is 0 Å². The minimum atomic E-state index is -0.494. The average molecular weight is 334 g/mol. The Balaban J connectivity index is 1.58. The van der Waals surface area contributed by atoms with Gasteiger partial charge in [0, 0.05) is 25.2 Å². The van der Waals surface area contributed by atoms with Gasteiger partial charge >= 0.3 is 11.8 Å². The summed E-state index contributed by atoms with van der Waals surface area (Å²) in [5.74, 6) is 0.775. The Morgan fingerprint density at radius 2 is 2.08 bits per heavy atom. The molecule has 0 aromatic carbocycles. The Morgan fingerprint density at radius 3 is 2.75 bits per heavy atom. The molecule has 9 heteroatoms. The quantitative estimate of drug-likeness (QED) is 0.846. The van der Waals surface area contributed by atoms with Gasteiger partial charge in [-0.3, -0.25) is 0 Å². The van der Waals surface area contributed by atoms with Crippen LogP contribution in [0.3, 0.4) is 0 Å². The minimum absolute atomic E-state index is 0.0906. The van der Waals surface area contributed by atoms with E-state index >= 15 is 0 Å². The molecule has 0 atom stereocenters. The van der Waals surface area contributed by atoms with Crippen molar-refractivity contribution in [3.8, 4) is 0 Å². The third-order valence-electron chi connectivity index (χ3n) is 3.84. The number of fused-ring (bicyclic) bond motifs is 1. The molecule has 1 aliphatic heterocycles. The van der Waals surface area contributed by atoms with Gasteiger partial charge in [0.1, 0.15) is 17.7 Å². The van der Waals surface area contributed by atoms with Gasteiger partial charge in [0.25, 0.3) is 0 Å². The van der Waals surface area contributed by atoms with Gasteiger partial charge in [-0.15, -0.1) is 0 Å². The first kappa shape index (κ1) is 16.3. The number of nitrogens with one attached hydrogen (secondary N) is 2. The molecule has 130 valence electrons. The fourth-order valence-corrected chi connectivity index (χ4v) is 2.70. The lowest BCUT2D eigenvalue weighted by Crippen LogP contribution is -2.46. The number of rotatable bonds is 2. The molecule has 0 bridgehead atoms. The number of carbonyl (C=O) groups is 1. The monoisotopic (exact) mass is 334 g/mol. The third-order valence-corrected chi connectivity index (χ3v) is 3.84. The van der Waals surface area contributed by atoms with Crippen molar-refractivity contribution in [3.05, 3.63) is 22.9 Å². The molecule has 1 fully saturated rings. The molecule has 1 saturated heterocycles. The smallest absolute Gasteiger partial charge is 0.407 e. The zero-order valence-corrected chi connectivity index (χ0v) is 14.1. The Kier molecular flexibility index (Phi) is 4.16. The second-order valence-electron chi connectivity index (χ2n) is 6.91. The number of hydrogen-bond acceptors (Lipinski definition) is 6. The van der Waals surface area contributed by atoms with Crippen molar-refractivity contribution in [1.82, 2.24) is 24.9 Å². The molecule has 3 rings (SSSR count). The van der Waals surface area contributed by atoms with Crippen LogP contribution in [0.1, 0.15) is 33.6 Å². The Bertz CT molecular complexity index is 782. The van der Waals surface area contributed by atoms with E-state index in [1.54, 1.807) is 6.07 Å². The normalized spacial score (nSPS) is 16.4. The topological polar surface area (TPSA) is 105 Å². The molecule has 3 heterocycles. The Morgan fingerprint density at radius 1 is 1.38 bits per heavy atom. The largest absolute Gasteiger partial charge is 0.444 e. The van der Waals surface area contributed by atoms with Gasteiger partial charge in [0.05, 0.1) is 0 Å². The molecule has 0 aliphatic carbocycles. The molecule has 2 aromatic heterocycles. The van der Waals surface area contributed by atoms with Gasteiger partial charge in [-0.1, -0.05) is 0 Å². The van der Waals surface area contributed by atoms with Gasteiger partial charge in [-0.2, -0.15) is 5.10 Å². The van der Waals surface area contributed by atoms with Crippen LogP contribution >= 0.6 is 0 Å². The molecule has 0 unspecified atom stereocenters. The number of piperidine rings is 1. The summed E-state index contributed by atoms with van der Waals surface area (Å²) >= 11 is 0. The summed E-state index contributed by atoms with van der Waals surface area (Å²) < 4.78 is 6.64. The average Bonchev–Trinajstić information content (AvgIpc) is 2.87. The summed E-state index contributed by atoms with van der Waals surface area (Å²) in [4.78, 5) is 29.7. The predicted molar refractivity (Wildman–Crippen MR) is 88.2 cm³/mol. The summed E-state index contributed by atoms with van der Waals surface area (Å²) in [6.45, 7) is 7.06. The van der Waals surface area contributed by atoms with Gasteiger partial charge in [0.15, 0.2) is 5.65 Å². The van der Waals surface area contributed by atoms with Crippen molar-refractivity contribution in [2.75, 3.05) is 18.0 Å². The first-order valence-electron chi connectivity index (χ1n) is 7.99. The fraction of sp³-hybridized carbons (Fsp3) is 0.600. The molecule has 1 aliphatic rings. The SMILES string of the molecule is CC(C)(C)OC(=O)NC1CCN(c2cc3n[nH]c(=O)n3cn2)CC1. The molecule has 24 heavy (non-hydrogen) atoms. The van der Waals surface area contributed by atoms with Crippen LogP contribution in [-0.2, 0) is 4.74 Å². The maximum Gasteiger partial charge on any atom is 0.407 e. The van der Waals surface area contributed by atoms with Crippen molar-refractivity contribution < 1.29 is 9.53 Å². The molecule has 2 N–H and O–H groups in total. The van der Waals surface area contributed by atoms with Crippen LogP contribution in [0.15, 0.2) is 17.2 Å². The number of aromatic nitrogens is 4. The number of ether oxygens (including phenoxy) is 1. The van der Waals surface area contributed by atoms with Crippen LogP contribution in [0.2, 0.25) is 0 Å². The predicted octanol–water partition coefficient (Wildman–Crippen LogP) is 0.911. The lowest BCUT2D eigenvalue weighted by atomic mass is 10.1. The highest BCUT2D eigenvalue weighted by Crippen LogP contribution is 2.18. The molecule has 0 radical (unpaired) electrons. The summed E-state index contributed by atoms with van der Waals surface area (Å²) in [5, 5.41) is 9.25. The van der Waals surface area contributed by atoms with E-state index in [2.05, 4.69) is 25.4 Å². The summed E-state index contributed by atoms with van der Waals surface area (Å²) in [6.07, 6.45) is 2.71. The first-order chi connectivity index (χ1) is 11.3. The number of aromatic amines is 1. The van der Waals surface area contributed by atoms with Crippen LogP contribution < -0.4 is 15.9 Å². The number of carbonyl (C=O) groups excluding carboxylic acids is 1. The molecule has 9 nitrogen and oxygen atoms in total. The number of hydrogen-bond donors (Lipinski definition) is 2. The highest BCUT2D eigenvalue weighted by atomic mass is 16.6. The maximum absolute atomic E-state index is 11.8. The number of anilines is 1. The van der Waals surface area contributed by atoms with Crippen molar-refractivity contribution >= 4 is 17.6 Å².